The Morgan fingerprint density at radius 2 is 2.22 bits per heavy atom. The van der Waals surface area contributed by atoms with Gasteiger partial charge in [0.1, 0.15) is 5.82 Å². The molecule has 0 aliphatic carbocycles. The number of benzene rings is 1. The van der Waals surface area contributed by atoms with E-state index in [1.807, 2.05) is 19.9 Å². The van der Waals surface area contributed by atoms with Crippen LogP contribution in [-0.2, 0) is 12.0 Å². The lowest BCUT2D eigenvalue weighted by molar-refractivity contribution is 0.355. The van der Waals surface area contributed by atoms with E-state index in [0.29, 0.717) is 24.6 Å². The highest BCUT2D eigenvalue weighted by molar-refractivity contribution is 5.19. The fourth-order valence-electron chi connectivity index (χ4n) is 1.54. The number of nitrogens with two attached hydrogens (primary N) is 1. The Kier molecular flexibility index (Phi) is 3.43. The Balaban J connectivity index is 2.16. The predicted octanol–water partition coefficient (Wildman–Crippen LogP) is 2.38. The monoisotopic (exact) mass is 249 g/mol. The first kappa shape index (κ1) is 12.7. The quantitative estimate of drug-likeness (QED) is 0.903. The van der Waals surface area contributed by atoms with Gasteiger partial charge in [0.05, 0.1) is 12.0 Å². The molecule has 5 heteroatoms. The van der Waals surface area contributed by atoms with E-state index in [-0.39, 0.29) is 5.82 Å². The molecule has 1 aromatic heterocycles. The van der Waals surface area contributed by atoms with Crippen LogP contribution in [0.15, 0.2) is 28.8 Å². The molecule has 2 aromatic rings. The second-order valence-electron chi connectivity index (χ2n) is 4.59. The van der Waals surface area contributed by atoms with Crippen LogP contribution in [0.4, 0.5) is 4.39 Å². The van der Waals surface area contributed by atoms with Crippen LogP contribution in [0, 0.1) is 5.82 Å². The molecule has 18 heavy (non-hydrogen) atoms. The Bertz CT molecular complexity index is 537. The van der Waals surface area contributed by atoms with E-state index in [1.165, 1.54) is 12.1 Å². The van der Waals surface area contributed by atoms with Gasteiger partial charge in [-0.05, 0) is 31.0 Å². The molecular formula is C13H16FN3O. The second kappa shape index (κ2) is 4.86. The van der Waals surface area contributed by atoms with Crippen molar-refractivity contribution in [3.05, 3.63) is 47.4 Å². The van der Waals surface area contributed by atoms with E-state index in [2.05, 4.69) is 10.1 Å². The van der Waals surface area contributed by atoms with Gasteiger partial charge in [0.25, 0.3) is 0 Å². The average molecular weight is 249 g/mol. The smallest absolute Gasteiger partial charge is 0.231 e. The van der Waals surface area contributed by atoms with Gasteiger partial charge in [-0.25, -0.2) is 4.39 Å². The molecule has 0 saturated carbocycles. The summed E-state index contributed by atoms with van der Waals surface area (Å²) >= 11 is 0. The summed E-state index contributed by atoms with van der Waals surface area (Å²) in [6.45, 7) is 3.81. The Hall–Kier alpha value is -1.75. The number of nitrogens with zero attached hydrogens (tertiary/aromatic N) is 2. The Morgan fingerprint density at radius 1 is 1.44 bits per heavy atom. The molecule has 0 amide bonds. The van der Waals surface area contributed by atoms with Crippen molar-refractivity contribution < 1.29 is 8.91 Å². The summed E-state index contributed by atoms with van der Waals surface area (Å²) < 4.78 is 18.2. The number of aromatic nitrogens is 2. The number of rotatable bonds is 4. The van der Waals surface area contributed by atoms with Gasteiger partial charge in [0.15, 0.2) is 5.82 Å². The largest absolute Gasteiger partial charge is 0.339 e. The van der Waals surface area contributed by atoms with Crippen LogP contribution in [0.25, 0.3) is 0 Å². The minimum Gasteiger partial charge on any atom is -0.339 e. The van der Waals surface area contributed by atoms with Crippen LogP contribution in [0.2, 0.25) is 0 Å². The minimum atomic E-state index is -0.594. The fraction of sp³-hybridized carbons (Fsp3) is 0.385. The molecule has 0 fully saturated rings. The van der Waals surface area contributed by atoms with E-state index in [4.69, 9.17) is 10.3 Å². The van der Waals surface area contributed by atoms with Crippen molar-refractivity contribution >= 4 is 0 Å². The van der Waals surface area contributed by atoms with Crippen molar-refractivity contribution in [1.82, 2.24) is 10.1 Å². The molecule has 1 unspecified atom stereocenters. The Labute approximate surface area is 105 Å². The summed E-state index contributed by atoms with van der Waals surface area (Å²) in [5.74, 6) is 0.654. The molecule has 1 heterocycles. The maximum Gasteiger partial charge on any atom is 0.231 e. The summed E-state index contributed by atoms with van der Waals surface area (Å²) in [7, 11) is 0. The molecule has 4 nitrogen and oxygen atoms in total. The van der Waals surface area contributed by atoms with Crippen LogP contribution in [0.3, 0.4) is 0 Å². The topological polar surface area (TPSA) is 64.9 Å². The first-order valence-corrected chi connectivity index (χ1v) is 5.87. The van der Waals surface area contributed by atoms with E-state index >= 15 is 0 Å². The molecule has 2 N–H and O–H groups in total. The number of hydrogen-bond acceptors (Lipinski definition) is 4. The van der Waals surface area contributed by atoms with Crippen LogP contribution in [0.5, 0.6) is 0 Å². The van der Waals surface area contributed by atoms with Crippen LogP contribution in [-0.4, -0.2) is 10.1 Å². The molecule has 1 atom stereocenters. The van der Waals surface area contributed by atoms with Gasteiger partial charge in [-0.2, -0.15) is 4.98 Å². The zero-order valence-electron chi connectivity index (χ0n) is 10.5. The Morgan fingerprint density at radius 3 is 2.89 bits per heavy atom. The molecule has 0 bridgehead atoms. The number of hydrogen-bond donors (Lipinski definition) is 1. The fourth-order valence-corrected chi connectivity index (χ4v) is 1.54. The average Bonchev–Trinajstić information content (AvgIpc) is 2.78. The molecule has 0 radical (unpaired) electrons. The number of halogens is 1. The predicted molar refractivity (Wildman–Crippen MR) is 65.3 cm³/mol. The van der Waals surface area contributed by atoms with E-state index in [1.54, 1.807) is 6.07 Å². The van der Waals surface area contributed by atoms with Gasteiger partial charge in [-0.1, -0.05) is 24.2 Å². The third kappa shape index (κ3) is 2.73. The maximum absolute atomic E-state index is 13.0. The normalized spacial score (nSPS) is 14.4. The zero-order valence-corrected chi connectivity index (χ0v) is 10.5. The van der Waals surface area contributed by atoms with Crippen molar-refractivity contribution in [2.45, 2.75) is 32.2 Å². The first-order valence-electron chi connectivity index (χ1n) is 5.87. The highest BCUT2D eigenvalue weighted by Crippen LogP contribution is 2.19. The van der Waals surface area contributed by atoms with Crippen molar-refractivity contribution in [2.24, 2.45) is 5.73 Å². The van der Waals surface area contributed by atoms with E-state index in [9.17, 15) is 4.39 Å². The molecule has 0 spiro atoms. The van der Waals surface area contributed by atoms with Gasteiger partial charge < -0.3 is 10.3 Å². The summed E-state index contributed by atoms with van der Waals surface area (Å²) in [6, 6.07) is 6.32. The van der Waals surface area contributed by atoms with Crippen LogP contribution < -0.4 is 5.73 Å². The molecule has 2 rings (SSSR count). The first-order chi connectivity index (χ1) is 8.51. The van der Waals surface area contributed by atoms with Crippen LogP contribution in [0.1, 0.15) is 37.5 Å². The van der Waals surface area contributed by atoms with Gasteiger partial charge in [0, 0.05) is 0 Å². The molecular weight excluding hydrogens is 233 g/mol. The van der Waals surface area contributed by atoms with Gasteiger partial charge in [-0.15, -0.1) is 0 Å². The summed E-state index contributed by atoms with van der Waals surface area (Å²) in [6.07, 6.45) is 1.12. The minimum absolute atomic E-state index is 0.274. The molecule has 0 aliphatic heterocycles. The molecule has 0 aliphatic rings. The lowest BCUT2D eigenvalue weighted by Crippen LogP contribution is -2.33. The van der Waals surface area contributed by atoms with Gasteiger partial charge in [-0.3, -0.25) is 0 Å². The van der Waals surface area contributed by atoms with E-state index in [0.717, 1.165) is 5.56 Å². The van der Waals surface area contributed by atoms with Gasteiger partial charge >= 0.3 is 0 Å². The lowest BCUT2D eigenvalue weighted by atomic mass is 10.00. The highest BCUT2D eigenvalue weighted by Gasteiger charge is 2.25. The molecule has 96 valence electrons. The third-order valence-electron chi connectivity index (χ3n) is 2.96. The van der Waals surface area contributed by atoms with Crippen molar-refractivity contribution in [1.29, 1.82) is 0 Å². The maximum atomic E-state index is 13.0. The summed E-state index contributed by atoms with van der Waals surface area (Å²) in [4.78, 5) is 4.25. The lowest BCUT2D eigenvalue weighted by Gasteiger charge is -2.16. The summed E-state index contributed by atoms with van der Waals surface area (Å²) in [5.41, 5.74) is 6.22. The van der Waals surface area contributed by atoms with Crippen molar-refractivity contribution in [3.8, 4) is 0 Å². The van der Waals surface area contributed by atoms with E-state index < -0.39 is 5.54 Å². The van der Waals surface area contributed by atoms with Gasteiger partial charge in [0.2, 0.25) is 5.89 Å². The SMILES string of the molecule is CCC(C)(N)c1noc(Cc2cccc(F)c2)n1. The van der Waals surface area contributed by atoms with Crippen molar-refractivity contribution in [3.63, 3.8) is 0 Å². The standard InChI is InChI=1S/C13H16FN3O/c1-3-13(2,15)12-16-11(18-17-12)8-9-5-4-6-10(14)7-9/h4-7H,3,8,15H2,1-2H3. The molecule has 1 aromatic carbocycles. The second-order valence-corrected chi connectivity index (χ2v) is 4.59. The van der Waals surface area contributed by atoms with Crippen molar-refractivity contribution in [2.75, 3.05) is 0 Å². The third-order valence-corrected chi connectivity index (χ3v) is 2.96. The highest BCUT2D eigenvalue weighted by atomic mass is 19.1. The zero-order chi connectivity index (χ0) is 13.2. The molecule has 0 saturated heterocycles. The van der Waals surface area contributed by atoms with Crippen LogP contribution >= 0.6 is 0 Å². The summed E-state index contributed by atoms with van der Waals surface area (Å²) in [5, 5.41) is 3.87.